The number of fused-ring (bicyclic) bond motifs is 1. The molecule has 1 atom stereocenters. The van der Waals surface area contributed by atoms with E-state index in [2.05, 4.69) is 4.72 Å². The SMILES string of the molecule is COc1ccccc1NS(=O)(=O)c1ccc(/C=C/C(=O)N(C)C[C@@H]2COc3ccccc3O2)cc1. The molecule has 8 nitrogen and oxygen atoms in total. The summed E-state index contributed by atoms with van der Waals surface area (Å²) in [6.07, 6.45) is 2.80. The van der Waals surface area contributed by atoms with Gasteiger partial charge >= 0.3 is 0 Å². The molecule has 35 heavy (non-hydrogen) atoms. The lowest BCUT2D eigenvalue weighted by atomic mass is 10.2. The number of likely N-dealkylation sites (N-methyl/N-ethyl adjacent to an activating group) is 1. The van der Waals surface area contributed by atoms with E-state index < -0.39 is 10.0 Å². The van der Waals surface area contributed by atoms with Crippen LogP contribution in [0.25, 0.3) is 6.08 Å². The minimum absolute atomic E-state index is 0.0960. The standard InChI is InChI=1S/C26H26N2O6S/c1-28(17-20-18-33-24-9-5-6-10-25(24)34-20)26(29)16-13-19-11-14-21(15-12-19)35(30,31)27-22-7-3-4-8-23(22)32-2/h3-16,20,27H,17-18H2,1-2H3/b16-13+/t20-/m1/s1. The van der Waals surface area contributed by atoms with Gasteiger partial charge in [-0.05, 0) is 48.0 Å². The van der Waals surface area contributed by atoms with Gasteiger partial charge in [0.25, 0.3) is 10.0 Å². The zero-order valence-electron chi connectivity index (χ0n) is 19.4. The third-order valence-corrected chi connectivity index (χ3v) is 6.76. The van der Waals surface area contributed by atoms with Gasteiger partial charge < -0.3 is 19.1 Å². The number of anilines is 1. The number of sulfonamides is 1. The van der Waals surface area contributed by atoms with Crippen molar-refractivity contribution in [2.75, 3.05) is 32.0 Å². The van der Waals surface area contributed by atoms with Crippen LogP contribution >= 0.6 is 0 Å². The monoisotopic (exact) mass is 494 g/mol. The number of benzene rings is 3. The average Bonchev–Trinajstić information content (AvgIpc) is 2.87. The van der Waals surface area contributed by atoms with Crippen LogP contribution in [-0.4, -0.2) is 52.6 Å². The lowest BCUT2D eigenvalue weighted by molar-refractivity contribution is -0.126. The predicted octanol–water partition coefficient (Wildman–Crippen LogP) is 3.81. The Kier molecular flexibility index (Phi) is 7.26. The molecule has 0 saturated carbocycles. The Labute approximate surface area is 204 Å². The molecule has 0 fully saturated rings. The highest BCUT2D eigenvalue weighted by atomic mass is 32.2. The highest BCUT2D eigenvalue weighted by Crippen LogP contribution is 2.31. The Morgan fingerprint density at radius 3 is 2.49 bits per heavy atom. The minimum atomic E-state index is -3.80. The average molecular weight is 495 g/mol. The van der Waals surface area contributed by atoms with Crippen molar-refractivity contribution in [3.63, 3.8) is 0 Å². The van der Waals surface area contributed by atoms with Crippen molar-refractivity contribution in [3.8, 4) is 17.2 Å². The molecule has 3 aromatic carbocycles. The molecule has 4 rings (SSSR count). The molecule has 1 N–H and O–H groups in total. The van der Waals surface area contributed by atoms with Gasteiger partial charge in [-0.3, -0.25) is 9.52 Å². The molecule has 0 aromatic heterocycles. The molecular formula is C26H26N2O6S. The summed E-state index contributed by atoms with van der Waals surface area (Å²) in [4.78, 5) is 14.2. The second kappa shape index (κ2) is 10.5. The second-order valence-corrected chi connectivity index (χ2v) is 9.61. The van der Waals surface area contributed by atoms with Gasteiger partial charge in [0.1, 0.15) is 12.4 Å². The van der Waals surface area contributed by atoms with Crippen LogP contribution in [0.2, 0.25) is 0 Å². The van der Waals surface area contributed by atoms with Gasteiger partial charge in [0, 0.05) is 13.1 Å². The number of amides is 1. The van der Waals surface area contributed by atoms with Crippen LogP contribution in [0.4, 0.5) is 5.69 Å². The number of ether oxygens (including phenoxy) is 3. The van der Waals surface area contributed by atoms with E-state index in [0.717, 1.165) is 0 Å². The topological polar surface area (TPSA) is 94.2 Å². The zero-order valence-corrected chi connectivity index (χ0v) is 20.2. The van der Waals surface area contributed by atoms with Crippen molar-refractivity contribution in [3.05, 3.63) is 84.4 Å². The summed E-state index contributed by atoms with van der Waals surface area (Å²) < 4.78 is 44.8. The highest BCUT2D eigenvalue weighted by Gasteiger charge is 2.23. The summed E-state index contributed by atoms with van der Waals surface area (Å²) in [6, 6.07) is 20.4. The lowest BCUT2D eigenvalue weighted by Gasteiger charge is -2.29. The molecule has 0 aliphatic carbocycles. The molecule has 182 valence electrons. The van der Waals surface area contributed by atoms with E-state index in [-0.39, 0.29) is 16.9 Å². The van der Waals surface area contributed by atoms with Crippen molar-refractivity contribution in [1.82, 2.24) is 4.90 Å². The molecule has 1 aliphatic rings. The second-order valence-electron chi connectivity index (χ2n) is 7.92. The van der Waals surface area contributed by atoms with Gasteiger partial charge in [0.2, 0.25) is 5.91 Å². The Bertz CT molecular complexity index is 1320. The Morgan fingerprint density at radius 2 is 1.74 bits per heavy atom. The van der Waals surface area contributed by atoms with E-state index in [1.165, 1.54) is 25.3 Å². The zero-order chi connectivity index (χ0) is 24.8. The molecule has 0 bridgehead atoms. The fourth-order valence-corrected chi connectivity index (χ4v) is 4.60. The predicted molar refractivity (Wildman–Crippen MR) is 133 cm³/mol. The third-order valence-electron chi connectivity index (χ3n) is 5.38. The number of para-hydroxylation sites is 4. The summed E-state index contributed by atoms with van der Waals surface area (Å²) in [5, 5.41) is 0. The summed E-state index contributed by atoms with van der Waals surface area (Å²) in [5.41, 5.74) is 1.04. The maximum absolute atomic E-state index is 12.7. The van der Waals surface area contributed by atoms with Crippen LogP contribution in [0, 0.1) is 0 Å². The minimum Gasteiger partial charge on any atom is -0.495 e. The van der Waals surface area contributed by atoms with E-state index in [0.29, 0.717) is 41.7 Å². The number of nitrogens with zero attached hydrogens (tertiary/aromatic N) is 1. The molecule has 0 saturated heterocycles. The first-order valence-electron chi connectivity index (χ1n) is 10.9. The summed E-state index contributed by atoms with van der Waals surface area (Å²) >= 11 is 0. The van der Waals surface area contributed by atoms with Crippen molar-refractivity contribution in [2.45, 2.75) is 11.0 Å². The van der Waals surface area contributed by atoms with Crippen LogP contribution in [0.5, 0.6) is 17.2 Å². The number of nitrogens with one attached hydrogen (secondary N) is 1. The normalized spacial score (nSPS) is 15.0. The Morgan fingerprint density at radius 1 is 1.06 bits per heavy atom. The summed E-state index contributed by atoms with van der Waals surface area (Å²) in [6.45, 7) is 0.723. The number of carbonyl (C=O) groups excluding carboxylic acids is 1. The number of hydrogen-bond donors (Lipinski definition) is 1. The molecule has 0 radical (unpaired) electrons. The highest BCUT2D eigenvalue weighted by molar-refractivity contribution is 7.92. The van der Waals surface area contributed by atoms with Gasteiger partial charge in [0.15, 0.2) is 17.6 Å². The van der Waals surface area contributed by atoms with E-state index in [4.69, 9.17) is 14.2 Å². The molecule has 1 aliphatic heterocycles. The van der Waals surface area contributed by atoms with Gasteiger partial charge in [-0.15, -0.1) is 0 Å². The molecule has 1 amide bonds. The first-order valence-corrected chi connectivity index (χ1v) is 12.4. The van der Waals surface area contributed by atoms with Gasteiger partial charge in [-0.25, -0.2) is 8.42 Å². The van der Waals surface area contributed by atoms with Crippen LogP contribution in [0.1, 0.15) is 5.56 Å². The summed E-state index contributed by atoms with van der Waals surface area (Å²) in [5.74, 6) is 1.58. The number of methoxy groups -OCH3 is 1. The molecule has 3 aromatic rings. The first kappa shape index (κ1) is 24.2. The largest absolute Gasteiger partial charge is 0.495 e. The maximum atomic E-state index is 12.7. The summed E-state index contributed by atoms with van der Waals surface area (Å²) in [7, 11) is -0.636. The molecule has 0 spiro atoms. The fourth-order valence-electron chi connectivity index (χ4n) is 3.53. The van der Waals surface area contributed by atoms with Crippen LogP contribution in [0.15, 0.2) is 83.8 Å². The molecule has 1 heterocycles. The molecule has 9 heteroatoms. The van der Waals surface area contributed by atoms with Crippen molar-refractivity contribution in [1.29, 1.82) is 0 Å². The van der Waals surface area contributed by atoms with E-state index >= 15 is 0 Å². The fraction of sp³-hybridized carbons (Fsp3) is 0.192. The quantitative estimate of drug-likeness (QED) is 0.479. The van der Waals surface area contributed by atoms with Gasteiger partial charge in [-0.1, -0.05) is 36.4 Å². The van der Waals surface area contributed by atoms with E-state index in [1.54, 1.807) is 54.4 Å². The van der Waals surface area contributed by atoms with E-state index in [1.807, 2.05) is 24.3 Å². The Balaban J connectivity index is 1.35. The number of rotatable bonds is 8. The maximum Gasteiger partial charge on any atom is 0.262 e. The van der Waals surface area contributed by atoms with Crippen LogP contribution in [0.3, 0.4) is 0 Å². The van der Waals surface area contributed by atoms with Crippen molar-refractivity contribution < 1.29 is 27.4 Å². The van der Waals surface area contributed by atoms with Crippen molar-refractivity contribution in [2.24, 2.45) is 0 Å². The molecular weight excluding hydrogens is 468 g/mol. The molecule has 0 unspecified atom stereocenters. The van der Waals surface area contributed by atoms with Gasteiger partial charge in [-0.2, -0.15) is 0 Å². The first-order chi connectivity index (χ1) is 16.9. The van der Waals surface area contributed by atoms with Crippen LogP contribution < -0.4 is 18.9 Å². The van der Waals surface area contributed by atoms with Gasteiger partial charge in [0.05, 0.1) is 24.2 Å². The van der Waals surface area contributed by atoms with Crippen LogP contribution in [-0.2, 0) is 14.8 Å². The van der Waals surface area contributed by atoms with E-state index in [9.17, 15) is 13.2 Å². The number of hydrogen-bond acceptors (Lipinski definition) is 6. The third kappa shape index (κ3) is 5.93. The van der Waals surface area contributed by atoms with Crippen molar-refractivity contribution >= 4 is 27.7 Å². The number of carbonyl (C=O) groups is 1. The Hall–Kier alpha value is -3.98. The lowest BCUT2D eigenvalue weighted by Crippen LogP contribution is -2.41. The smallest absolute Gasteiger partial charge is 0.262 e.